The van der Waals surface area contributed by atoms with Gasteiger partial charge >= 0.3 is 0 Å². The van der Waals surface area contributed by atoms with E-state index in [0.29, 0.717) is 19.9 Å². The van der Waals surface area contributed by atoms with Crippen LogP contribution in [0.5, 0.6) is 0 Å². The predicted octanol–water partition coefficient (Wildman–Crippen LogP) is 1.07. The van der Waals surface area contributed by atoms with Gasteiger partial charge in [0.25, 0.3) is 0 Å². The molecular formula is C10H14N2O. The zero-order valence-electron chi connectivity index (χ0n) is 7.79. The van der Waals surface area contributed by atoms with Crippen molar-refractivity contribution in [1.29, 1.82) is 0 Å². The molecule has 0 saturated carbocycles. The lowest BCUT2D eigenvalue weighted by Gasteiger charge is -2.27. The zero-order chi connectivity index (χ0) is 9.26. The summed E-state index contributed by atoms with van der Waals surface area (Å²) in [5.41, 5.74) is 9.21. The first-order valence-corrected chi connectivity index (χ1v) is 4.42. The molecule has 2 N–H and O–H groups in total. The standard InChI is InChI=1S/C10H14N2O/c1-12-7-13-6-9-4-8(5-11)2-3-10(9)12/h2-4H,5-7,11H2,1H3. The van der Waals surface area contributed by atoms with Crippen molar-refractivity contribution >= 4 is 5.69 Å². The van der Waals surface area contributed by atoms with Crippen LogP contribution in [0.4, 0.5) is 5.69 Å². The van der Waals surface area contributed by atoms with Crippen LogP contribution in [0.1, 0.15) is 11.1 Å². The number of anilines is 1. The van der Waals surface area contributed by atoms with Gasteiger partial charge in [-0.05, 0) is 11.6 Å². The fraction of sp³-hybridized carbons (Fsp3) is 0.400. The fourth-order valence-electron chi connectivity index (χ4n) is 1.62. The Morgan fingerprint density at radius 1 is 1.54 bits per heavy atom. The van der Waals surface area contributed by atoms with Gasteiger partial charge in [-0.15, -0.1) is 0 Å². The number of nitrogens with two attached hydrogens (primary N) is 1. The van der Waals surface area contributed by atoms with Crippen molar-refractivity contribution < 1.29 is 4.74 Å². The lowest BCUT2D eigenvalue weighted by atomic mass is 10.1. The average Bonchev–Trinajstić information content (AvgIpc) is 2.18. The van der Waals surface area contributed by atoms with Crippen LogP contribution < -0.4 is 10.6 Å². The molecule has 0 atom stereocenters. The third-order valence-corrected chi connectivity index (χ3v) is 2.33. The molecule has 1 heterocycles. The number of hydrogen-bond donors (Lipinski definition) is 1. The maximum atomic E-state index is 5.56. The van der Waals surface area contributed by atoms with E-state index >= 15 is 0 Å². The van der Waals surface area contributed by atoms with E-state index in [-0.39, 0.29) is 0 Å². The molecule has 1 aromatic rings. The molecule has 0 bridgehead atoms. The van der Waals surface area contributed by atoms with Crippen molar-refractivity contribution in [3.05, 3.63) is 29.3 Å². The molecule has 1 aliphatic heterocycles. The van der Waals surface area contributed by atoms with Gasteiger partial charge in [-0.1, -0.05) is 12.1 Å². The summed E-state index contributed by atoms with van der Waals surface area (Å²) in [6, 6.07) is 6.30. The quantitative estimate of drug-likeness (QED) is 0.699. The van der Waals surface area contributed by atoms with Crippen LogP contribution in [0.2, 0.25) is 0 Å². The van der Waals surface area contributed by atoms with Crippen LogP contribution in [0.3, 0.4) is 0 Å². The Hall–Kier alpha value is -1.06. The highest BCUT2D eigenvalue weighted by atomic mass is 16.5. The molecule has 0 amide bonds. The number of rotatable bonds is 1. The lowest BCUT2D eigenvalue weighted by molar-refractivity contribution is 0.113. The van der Waals surface area contributed by atoms with Gasteiger partial charge in [0.1, 0.15) is 6.73 Å². The molecule has 0 spiro atoms. The summed E-state index contributed by atoms with van der Waals surface area (Å²) in [5.74, 6) is 0. The van der Waals surface area contributed by atoms with Crippen molar-refractivity contribution in [3.63, 3.8) is 0 Å². The first kappa shape index (κ1) is 8.53. The molecule has 3 heteroatoms. The van der Waals surface area contributed by atoms with Crippen LogP contribution in [-0.4, -0.2) is 13.8 Å². The Balaban J connectivity index is 2.39. The number of ether oxygens (including phenoxy) is 1. The summed E-state index contributed by atoms with van der Waals surface area (Å²) in [5, 5.41) is 0. The summed E-state index contributed by atoms with van der Waals surface area (Å²) >= 11 is 0. The van der Waals surface area contributed by atoms with Crippen molar-refractivity contribution in [2.24, 2.45) is 5.73 Å². The lowest BCUT2D eigenvalue weighted by Crippen LogP contribution is -2.26. The molecule has 1 aliphatic rings. The van der Waals surface area contributed by atoms with Crippen LogP contribution >= 0.6 is 0 Å². The topological polar surface area (TPSA) is 38.5 Å². The Kier molecular flexibility index (Phi) is 2.20. The highest BCUT2D eigenvalue weighted by Crippen LogP contribution is 2.25. The SMILES string of the molecule is CN1COCc2cc(CN)ccc21. The van der Waals surface area contributed by atoms with Gasteiger partial charge in [0.2, 0.25) is 0 Å². The minimum atomic E-state index is 0.594. The van der Waals surface area contributed by atoms with E-state index in [2.05, 4.69) is 23.1 Å². The number of benzene rings is 1. The van der Waals surface area contributed by atoms with Crippen molar-refractivity contribution in [1.82, 2.24) is 0 Å². The Labute approximate surface area is 78.1 Å². The van der Waals surface area contributed by atoms with E-state index in [1.807, 2.05) is 7.05 Å². The summed E-state index contributed by atoms with van der Waals surface area (Å²) in [7, 11) is 2.03. The molecule has 1 aromatic carbocycles. The molecule has 0 unspecified atom stereocenters. The third-order valence-electron chi connectivity index (χ3n) is 2.33. The van der Waals surface area contributed by atoms with E-state index in [9.17, 15) is 0 Å². The molecule has 2 rings (SSSR count). The second kappa shape index (κ2) is 3.36. The predicted molar refractivity (Wildman–Crippen MR) is 52.4 cm³/mol. The van der Waals surface area contributed by atoms with Crippen LogP contribution in [0.15, 0.2) is 18.2 Å². The van der Waals surface area contributed by atoms with Crippen LogP contribution in [0, 0.1) is 0 Å². The minimum Gasteiger partial charge on any atom is -0.356 e. The molecular weight excluding hydrogens is 164 g/mol. The summed E-state index contributed by atoms with van der Waals surface area (Å²) in [6.45, 7) is 1.97. The van der Waals surface area contributed by atoms with E-state index in [0.717, 1.165) is 5.56 Å². The fourth-order valence-corrected chi connectivity index (χ4v) is 1.62. The second-order valence-electron chi connectivity index (χ2n) is 3.34. The summed E-state index contributed by atoms with van der Waals surface area (Å²) in [4.78, 5) is 2.10. The van der Waals surface area contributed by atoms with E-state index < -0.39 is 0 Å². The monoisotopic (exact) mass is 178 g/mol. The van der Waals surface area contributed by atoms with E-state index in [1.54, 1.807) is 0 Å². The first-order chi connectivity index (χ1) is 6.31. The molecule has 0 fully saturated rings. The molecule has 0 aliphatic carbocycles. The van der Waals surface area contributed by atoms with E-state index in [1.165, 1.54) is 11.3 Å². The Morgan fingerprint density at radius 3 is 3.15 bits per heavy atom. The molecule has 70 valence electrons. The zero-order valence-corrected chi connectivity index (χ0v) is 7.79. The summed E-state index contributed by atoms with van der Waals surface area (Å²) in [6.07, 6.45) is 0. The highest BCUT2D eigenvalue weighted by molar-refractivity contribution is 5.55. The van der Waals surface area contributed by atoms with Gasteiger partial charge in [-0.2, -0.15) is 0 Å². The van der Waals surface area contributed by atoms with Crippen molar-refractivity contribution in [3.8, 4) is 0 Å². The smallest absolute Gasteiger partial charge is 0.119 e. The van der Waals surface area contributed by atoms with Crippen molar-refractivity contribution in [2.45, 2.75) is 13.2 Å². The van der Waals surface area contributed by atoms with E-state index in [4.69, 9.17) is 10.5 Å². The van der Waals surface area contributed by atoms with Gasteiger partial charge in [0.15, 0.2) is 0 Å². The Bertz CT molecular complexity index is 312. The van der Waals surface area contributed by atoms with Gasteiger partial charge in [0.05, 0.1) is 6.61 Å². The molecule has 0 aromatic heterocycles. The Morgan fingerprint density at radius 2 is 2.38 bits per heavy atom. The largest absolute Gasteiger partial charge is 0.356 e. The molecule has 3 nitrogen and oxygen atoms in total. The number of fused-ring (bicyclic) bond motifs is 1. The summed E-state index contributed by atoms with van der Waals surface area (Å²) < 4.78 is 5.39. The van der Waals surface area contributed by atoms with Crippen LogP contribution in [-0.2, 0) is 17.9 Å². The minimum absolute atomic E-state index is 0.594. The normalized spacial score (nSPS) is 15.7. The van der Waals surface area contributed by atoms with Gasteiger partial charge in [-0.3, -0.25) is 0 Å². The average molecular weight is 178 g/mol. The molecule has 0 saturated heterocycles. The third kappa shape index (κ3) is 1.53. The molecule has 13 heavy (non-hydrogen) atoms. The van der Waals surface area contributed by atoms with Gasteiger partial charge in [0, 0.05) is 24.8 Å². The van der Waals surface area contributed by atoms with Crippen LogP contribution in [0.25, 0.3) is 0 Å². The van der Waals surface area contributed by atoms with Gasteiger partial charge < -0.3 is 15.4 Å². The number of hydrogen-bond acceptors (Lipinski definition) is 3. The molecule has 0 radical (unpaired) electrons. The van der Waals surface area contributed by atoms with Gasteiger partial charge in [-0.25, -0.2) is 0 Å². The van der Waals surface area contributed by atoms with Crippen molar-refractivity contribution in [2.75, 3.05) is 18.7 Å². The first-order valence-electron chi connectivity index (χ1n) is 4.42. The maximum Gasteiger partial charge on any atom is 0.119 e. The number of nitrogens with zero attached hydrogens (tertiary/aromatic N) is 1. The second-order valence-corrected chi connectivity index (χ2v) is 3.34. The maximum absolute atomic E-state index is 5.56. The highest BCUT2D eigenvalue weighted by Gasteiger charge is 2.13.